The molecule has 154 valence electrons. The van der Waals surface area contributed by atoms with Crippen molar-refractivity contribution in [3.8, 4) is 5.88 Å². The highest BCUT2D eigenvalue weighted by atomic mass is 16.5. The largest absolute Gasteiger partial charge is 0.462 e. The highest BCUT2D eigenvalue weighted by molar-refractivity contribution is 6.38. The van der Waals surface area contributed by atoms with Gasteiger partial charge in [0.15, 0.2) is 17.0 Å². The van der Waals surface area contributed by atoms with Gasteiger partial charge in [-0.05, 0) is 6.92 Å². The Kier molecular flexibility index (Phi) is 4.05. The van der Waals surface area contributed by atoms with Gasteiger partial charge in [0.05, 0.1) is 6.61 Å². The van der Waals surface area contributed by atoms with Crippen LogP contribution in [0.5, 0.6) is 5.88 Å². The van der Waals surface area contributed by atoms with Crippen LogP contribution < -0.4 is 21.7 Å². The number of carbonyl (C=O) groups is 3. The highest BCUT2D eigenvalue weighted by Crippen LogP contribution is 2.49. The number of fused-ring (bicyclic) bond motifs is 3. The fraction of sp³-hybridized carbons (Fsp3) is 0.250. The number of aromatic nitrogens is 2. The van der Waals surface area contributed by atoms with Crippen molar-refractivity contribution in [1.82, 2.24) is 9.13 Å². The highest BCUT2D eigenvalue weighted by Gasteiger charge is 2.65. The topological polar surface area (TPSA) is 140 Å². The van der Waals surface area contributed by atoms with E-state index in [-0.39, 0.29) is 23.6 Å². The first-order chi connectivity index (χ1) is 14.2. The van der Waals surface area contributed by atoms with Crippen molar-refractivity contribution in [3.05, 3.63) is 73.3 Å². The van der Waals surface area contributed by atoms with Gasteiger partial charge in [-0.1, -0.05) is 24.3 Å². The van der Waals surface area contributed by atoms with Crippen LogP contribution in [-0.2, 0) is 29.0 Å². The predicted octanol–water partition coefficient (Wildman–Crippen LogP) is -0.473. The van der Waals surface area contributed by atoms with Crippen LogP contribution in [0.25, 0.3) is 0 Å². The summed E-state index contributed by atoms with van der Waals surface area (Å²) in [5.41, 5.74) is 0.903. The maximum atomic E-state index is 13.7. The molecule has 0 saturated heterocycles. The van der Waals surface area contributed by atoms with Crippen molar-refractivity contribution in [2.24, 2.45) is 19.8 Å². The molecule has 1 aliphatic heterocycles. The van der Waals surface area contributed by atoms with Crippen molar-refractivity contribution in [1.29, 1.82) is 0 Å². The molecule has 1 aromatic carbocycles. The van der Waals surface area contributed by atoms with Gasteiger partial charge in [-0.2, -0.15) is 0 Å². The molecule has 30 heavy (non-hydrogen) atoms. The Morgan fingerprint density at radius 2 is 1.63 bits per heavy atom. The lowest BCUT2D eigenvalue weighted by atomic mass is 9.69. The maximum absolute atomic E-state index is 13.7. The van der Waals surface area contributed by atoms with Gasteiger partial charge in [-0.15, -0.1) is 0 Å². The van der Waals surface area contributed by atoms with Gasteiger partial charge in [0, 0.05) is 25.2 Å². The number of nitrogens with zero attached hydrogens (tertiary/aromatic N) is 2. The minimum atomic E-state index is -2.41. The number of benzene rings is 1. The summed E-state index contributed by atoms with van der Waals surface area (Å²) >= 11 is 0. The van der Waals surface area contributed by atoms with Gasteiger partial charge < -0.3 is 15.2 Å². The smallest absolute Gasteiger partial charge is 0.341 e. The molecule has 1 aromatic heterocycles. The van der Waals surface area contributed by atoms with Gasteiger partial charge >= 0.3 is 11.7 Å². The van der Waals surface area contributed by atoms with Crippen LogP contribution in [0.4, 0.5) is 0 Å². The lowest BCUT2D eigenvalue weighted by Gasteiger charge is -2.34. The van der Waals surface area contributed by atoms with E-state index in [1.807, 2.05) is 0 Å². The third-order valence-corrected chi connectivity index (χ3v) is 5.39. The fourth-order valence-corrected chi connectivity index (χ4v) is 4.03. The van der Waals surface area contributed by atoms with Crippen LogP contribution in [0.1, 0.15) is 33.2 Å². The average Bonchev–Trinajstić information content (AvgIpc) is 2.93. The van der Waals surface area contributed by atoms with E-state index >= 15 is 0 Å². The molecule has 4 rings (SSSR count). The number of hydrogen-bond donors (Lipinski definition) is 1. The summed E-state index contributed by atoms with van der Waals surface area (Å²) in [7, 11) is 2.50. The van der Waals surface area contributed by atoms with Crippen LogP contribution in [0, 0.1) is 0 Å². The molecule has 10 nitrogen and oxygen atoms in total. The van der Waals surface area contributed by atoms with Crippen LogP contribution in [0.3, 0.4) is 0 Å². The second-order valence-corrected chi connectivity index (χ2v) is 6.90. The van der Waals surface area contributed by atoms with E-state index < -0.39 is 51.2 Å². The van der Waals surface area contributed by atoms with E-state index in [2.05, 4.69) is 0 Å². The van der Waals surface area contributed by atoms with Gasteiger partial charge in [0.1, 0.15) is 11.1 Å². The minimum absolute atomic E-state index is 0.0286. The Morgan fingerprint density at radius 3 is 2.17 bits per heavy atom. The molecule has 2 aliphatic rings. The van der Waals surface area contributed by atoms with E-state index in [9.17, 15) is 24.0 Å². The number of esters is 1. The van der Waals surface area contributed by atoms with Gasteiger partial charge in [-0.3, -0.25) is 23.5 Å². The Labute approximate surface area is 169 Å². The van der Waals surface area contributed by atoms with E-state index in [0.717, 1.165) is 9.13 Å². The number of ketones is 2. The average molecular weight is 411 g/mol. The number of nitrogens with two attached hydrogens (primary N) is 1. The number of Topliss-reactive ketones (excluding diaryl/α,β-unsaturated/α-hetero) is 2. The summed E-state index contributed by atoms with van der Waals surface area (Å²) < 4.78 is 12.2. The van der Waals surface area contributed by atoms with Crippen LogP contribution >= 0.6 is 0 Å². The quantitative estimate of drug-likeness (QED) is 0.517. The molecule has 2 heterocycles. The molecule has 0 unspecified atom stereocenters. The van der Waals surface area contributed by atoms with Crippen molar-refractivity contribution in [3.63, 3.8) is 0 Å². The molecule has 1 aliphatic carbocycles. The Morgan fingerprint density at radius 1 is 1.07 bits per heavy atom. The normalized spacial score (nSPS) is 16.4. The molecule has 0 saturated carbocycles. The summed E-state index contributed by atoms with van der Waals surface area (Å²) in [5.74, 6) is -3.64. The first kappa shape index (κ1) is 19.4. The molecule has 0 amide bonds. The van der Waals surface area contributed by atoms with Crippen LogP contribution in [0.2, 0.25) is 0 Å². The molecule has 2 N–H and O–H groups in total. The number of carbonyl (C=O) groups excluding carboxylic acids is 3. The van der Waals surface area contributed by atoms with Gasteiger partial charge in [-0.25, -0.2) is 9.59 Å². The Balaban J connectivity index is 2.22. The molecule has 0 bridgehead atoms. The SMILES string of the molecule is CCOC(=O)C1=C(N)Oc2c(c(=O)n(C)c(=O)n2C)C12C(=O)c1ccccc1C2=O. The number of rotatable bonds is 2. The zero-order valence-electron chi connectivity index (χ0n) is 16.3. The summed E-state index contributed by atoms with van der Waals surface area (Å²) in [6.07, 6.45) is 0. The second kappa shape index (κ2) is 6.28. The van der Waals surface area contributed by atoms with E-state index in [1.54, 1.807) is 12.1 Å². The van der Waals surface area contributed by atoms with E-state index in [4.69, 9.17) is 15.2 Å². The van der Waals surface area contributed by atoms with Crippen molar-refractivity contribution >= 4 is 17.5 Å². The molecular weight excluding hydrogens is 394 g/mol. The van der Waals surface area contributed by atoms with Crippen LogP contribution in [-0.4, -0.2) is 33.3 Å². The number of ether oxygens (including phenoxy) is 2. The van der Waals surface area contributed by atoms with Crippen LogP contribution in [0.15, 0.2) is 45.3 Å². The summed E-state index contributed by atoms with van der Waals surface area (Å²) in [5, 5.41) is 0. The molecule has 1 spiro atoms. The Hall–Kier alpha value is -3.95. The molecule has 0 fully saturated rings. The standard InChI is InChI=1S/C20H17N3O7/c1-4-29-18(27)11-15(21)30-17-12(16(26)22(2)19(28)23(17)3)20(11)13(24)9-7-5-6-8-10(9)14(20)25/h5-8H,4,21H2,1-3H3. The molecule has 10 heteroatoms. The second-order valence-electron chi connectivity index (χ2n) is 6.90. The minimum Gasteiger partial charge on any atom is -0.462 e. The van der Waals surface area contributed by atoms with Crippen molar-refractivity contribution in [2.45, 2.75) is 12.3 Å². The lowest BCUT2D eigenvalue weighted by Crippen LogP contribution is -2.54. The van der Waals surface area contributed by atoms with Gasteiger partial charge in [0.25, 0.3) is 5.56 Å². The van der Waals surface area contributed by atoms with E-state index in [1.165, 1.54) is 33.2 Å². The summed E-state index contributed by atoms with van der Waals surface area (Å²) in [6, 6.07) is 5.95. The zero-order valence-corrected chi connectivity index (χ0v) is 16.3. The molecular formula is C20H17N3O7. The monoisotopic (exact) mass is 411 g/mol. The molecule has 0 radical (unpaired) electrons. The maximum Gasteiger partial charge on any atom is 0.341 e. The first-order valence-corrected chi connectivity index (χ1v) is 9.03. The Bertz CT molecular complexity index is 1280. The lowest BCUT2D eigenvalue weighted by molar-refractivity contribution is -0.139. The van der Waals surface area contributed by atoms with E-state index in [0.29, 0.717) is 0 Å². The molecule has 0 atom stereocenters. The van der Waals surface area contributed by atoms with Crippen molar-refractivity contribution in [2.75, 3.05) is 6.61 Å². The first-order valence-electron chi connectivity index (χ1n) is 9.03. The van der Waals surface area contributed by atoms with Gasteiger partial charge in [0.2, 0.25) is 11.8 Å². The number of hydrogen-bond acceptors (Lipinski definition) is 8. The fourth-order valence-electron chi connectivity index (χ4n) is 4.03. The third kappa shape index (κ3) is 2.10. The molecule has 2 aromatic rings. The zero-order chi connectivity index (χ0) is 22.0. The summed E-state index contributed by atoms with van der Waals surface area (Å²) in [6.45, 7) is 1.47. The van der Waals surface area contributed by atoms with Crippen molar-refractivity contribution < 1.29 is 23.9 Å². The predicted molar refractivity (Wildman–Crippen MR) is 102 cm³/mol. The third-order valence-electron chi connectivity index (χ3n) is 5.39. The summed E-state index contributed by atoms with van der Waals surface area (Å²) in [4.78, 5) is 65.7.